The van der Waals surface area contributed by atoms with Crippen LogP contribution in [0.5, 0.6) is 11.5 Å². The summed E-state index contributed by atoms with van der Waals surface area (Å²) in [5, 5.41) is 12.0. The van der Waals surface area contributed by atoms with E-state index in [0.717, 1.165) is 0 Å². The fourth-order valence-electron chi connectivity index (χ4n) is 2.50. The zero-order valence-corrected chi connectivity index (χ0v) is 14.5. The molecule has 0 amide bonds. The molecule has 2 aromatic heterocycles. The molecule has 0 saturated carbocycles. The second-order valence-electron chi connectivity index (χ2n) is 5.51. The van der Waals surface area contributed by atoms with Crippen molar-refractivity contribution >= 4 is 0 Å². The van der Waals surface area contributed by atoms with E-state index in [-0.39, 0.29) is 17.5 Å². The number of nitrogens with zero attached hydrogens (tertiary/aromatic N) is 5. The molecule has 0 aliphatic rings. The minimum Gasteiger partial charge on any atom is -0.497 e. The van der Waals surface area contributed by atoms with Crippen molar-refractivity contribution in [3.8, 4) is 40.2 Å². The summed E-state index contributed by atoms with van der Waals surface area (Å²) in [6, 6.07) is 11.1. The molecule has 0 fully saturated rings. The van der Waals surface area contributed by atoms with Crippen LogP contribution in [-0.4, -0.2) is 39.4 Å². The number of rotatable bonds is 5. The number of halogens is 1. The van der Waals surface area contributed by atoms with Crippen LogP contribution in [0.4, 0.5) is 4.39 Å². The highest BCUT2D eigenvalue weighted by Crippen LogP contribution is 2.33. The molecule has 0 unspecified atom stereocenters. The van der Waals surface area contributed by atoms with Crippen LogP contribution in [0.2, 0.25) is 0 Å². The van der Waals surface area contributed by atoms with Crippen molar-refractivity contribution in [3.05, 3.63) is 54.5 Å². The van der Waals surface area contributed by atoms with Crippen molar-refractivity contribution in [2.45, 2.75) is 0 Å². The van der Waals surface area contributed by atoms with Gasteiger partial charge in [-0.3, -0.25) is 0 Å². The molecule has 4 rings (SSSR count). The Morgan fingerprint density at radius 3 is 2.59 bits per heavy atom. The van der Waals surface area contributed by atoms with Crippen LogP contribution in [0.3, 0.4) is 0 Å². The Morgan fingerprint density at radius 2 is 1.85 bits per heavy atom. The first-order valence-electron chi connectivity index (χ1n) is 7.92. The third-order valence-corrected chi connectivity index (χ3v) is 3.88. The van der Waals surface area contributed by atoms with Crippen molar-refractivity contribution in [1.82, 2.24) is 25.1 Å². The van der Waals surface area contributed by atoms with Crippen LogP contribution >= 0.6 is 0 Å². The highest BCUT2D eigenvalue weighted by molar-refractivity contribution is 5.66. The van der Waals surface area contributed by atoms with Gasteiger partial charge in [-0.15, -0.1) is 5.10 Å². The van der Waals surface area contributed by atoms with Gasteiger partial charge in [0.05, 0.1) is 31.7 Å². The van der Waals surface area contributed by atoms with Crippen LogP contribution < -0.4 is 9.47 Å². The summed E-state index contributed by atoms with van der Waals surface area (Å²) in [7, 11) is 3.12. The number of hydrogen-bond donors (Lipinski definition) is 0. The van der Waals surface area contributed by atoms with Gasteiger partial charge >= 0.3 is 0 Å². The molecule has 0 aliphatic carbocycles. The number of benzene rings is 2. The first kappa shape index (κ1) is 16.7. The lowest BCUT2D eigenvalue weighted by atomic mass is 10.2. The maximum atomic E-state index is 13.1. The number of aromatic nitrogens is 5. The maximum Gasteiger partial charge on any atom is 0.262 e. The van der Waals surface area contributed by atoms with E-state index >= 15 is 0 Å². The van der Waals surface area contributed by atoms with Gasteiger partial charge < -0.3 is 14.0 Å². The van der Waals surface area contributed by atoms with E-state index in [9.17, 15) is 4.39 Å². The fraction of sp³-hybridized carbons (Fsp3) is 0.111. The molecule has 2 aromatic carbocycles. The van der Waals surface area contributed by atoms with Gasteiger partial charge in [0.15, 0.2) is 5.69 Å². The summed E-state index contributed by atoms with van der Waals surface area (Å²) in [6.45, 7) is 0. The lowest BCUT2D eigenvalue weighted by molar-refractivity contribution is 0.391. The predicted molar refractivity (Wildman–Crippen MR) is 93.1 cm³/mol. The molecule has 0 bridgehead atoms. The van der Waals surface area contributed by atoms with Gasteiger partial charge in [0.1, 0.15) is 17.3 Å². The van der Waals surface area contributed by atoms with Gasteiger partial charge in [-0.05, 0) is 36.4 Å². The van der Waals surface area contributed by atoms with Gasteiger partial charge in [-0.25, -0.2) is 9.07 Å². The van der Waals surface area contributed by atoms with Crippen LogP contribution in [0, 0.1) is 5.82 Å². The summed E-state index contributed by atoms with van der Waals surface area (Å²) in [5.41, 5.74) is 1.71. The molecule has 0 N–H and O–H groups in total. The Kier molecular flexibility index (Phi) is 4.25. The first-order valence-corrected chi connectivity index (χ1v) is 7.92. The van der Waals surface area contributed by atoms with Gasteiger partial charge in [0.2, 0.25) is 5.82 Å². The predicted octanol–water partition coefficient (Wildman–Crippen LogP) is 3.14. The topological polar surface area (TPSA) is 88.1 Å². The number of methoxy groups -OCH3 is 2. The molecule has 0 spiro atoms. The largest absolute Gasteiger partial charge is 0.497 e. The summed E-state index contributed by atoms with van der Waals surface area (Å²) in [5.74, 6) is 1.42. The van der Waals surface area contributed by atoms with Crippen molar-refractivity contribution < 1.29 is 18.4 Å². The quantitative estimate of drug-likeness (QED) is 0.535. The van der Waals surface area contributed by atoms with Gasteiger partial charge in [-0.2, -0.15) is 4.98 Å². The summed E-state index contributed by atoms with van der Waals surface area (Å²) >= 11 is 0. The fourth-order valence-corrected chi connectivity index (χ4v) is 2.50. The van der Waals surface area contributed by atoms with Gasteiger partial charge in [0.25, 0.3) is 5.89 Å². The second kappa shape index (κ2) is 6.87. The molecule has 136 valence electrons. The monoisotopic (exact) mass is 367 g/mol. The van der Waals surface area contributed by atoms with Crippen molar-refractivity contribution in [2.75, 3.05) is 14.2 Å². The second-order valence-corrected chi connectivity index (χ2v) is 5.51. The van der Waals surface area contributed by atoms with Crippen LogP contribution in [-0.2, 0) is 0 Å². The van der Waals surface area contributed by atoms with Gasteiger partial charge in [-0.1, -0.05) is 10.4 Å². The third-order valence-electron chi connectivity index (χ3n) is 3.88. The Morgan fingerprint density at radius 1 is 1.04 bits per heavy atom. The minimum absolute atomic E-state index is 0.274. The smallest absolute Gasteiger partial charge is 0.262 e. The van der Waals surface area contributed by atoms with E-state index in [0.29, 0.717) is 28.4 Å². The molecule has 8 nitrogen and oxygen atoms in total. The molecule has 0 atom stereocenters. The highest BCUT2D eigenvalue weighted by Gasteiger charge is 2.17. The molecule has 4 aromatic rings. The zero-order valence-electron chi connectivity index (χ0n) is 14.5. The highest BCUT2D eigenvalue weighted by atomic mass is 19.1. The average Bonchev–Trinajstić information content (AvgIpc) is 3.37. The molecule has 0 aliphatic heterocycles. The minimum atomic E-state index is -0.324. The number of ether oxygens (including phenoxy) is 2. The molecule has 9 heteroatoms. The van der Waals surface area contributed by atoms with Crippen LogP contribution in [0.25, 0.3) is 28.7 Å². The summed E-state index contributed by atoms with van der Waals surface area (Å²) in [6.07, 6.45) is 1.63. The van der Waals surface area contributed by atoms with E-state index in [4.69, 9.17) is 14.0 Å². The molecule has 0 radical (unpaired) electrons. The van der Waals surface area contributed by atoms with E-state index < -0.39 is 0 Å². The van der Waals surface area contributed by atoms with E-state index in [1.807, 2.05) is 0 Å². The third kappa shape index (κ3) is 3.22. The molecule has 27 heavy (non-hydrogen) atoms. The molecular formula is C18H14FN5O3. The van der Waals surface area contributed by atoms with E-state index in [1.165, 1.54) is 16.8 Å². The maximum absolute atomic E-state index is 13.1. The summed E-state index contributed by atoms with van der Waals surface area (Å²) in [4.78, 5) is 4.36. The molecule has 2 heterocycles. The van der Waals surface area contributed by atoms with E-state index in [2.05, 4.69) is 20.5 Å². The Labute approximate surface area is 153 Å². The SMILES string of the molecule is COc1ccc(-c2nc(-c3cn(-c4ccc(F)cc4)nn3)no2)c(OC)c1. The average molecular weight is 367 g/mol. The van der Waals surface area contributed by atoms with Crippen molar-refractivity contribution in [3.63, 3.8) is 0 Å². The summed E-state index contributed by atoms with van der Waals surface area (Å²) < 4.78 is 30.4. The Hall–Kier alpha value is -3.75. The van der Waals surface area contributed by atoms with Crippen LogP contribution in [0.15, 0.2) is 53.2 Å². The first-order chi connectivity index (χ1) is 13.2. The Bertz CT molecular complexity index is 1070. The zero-order chi connectivity index (χ0) is 18.8. The van der Waals surface area contributed by atoms with E-state index in [1.54, 1.807) is 50.7 Å². The van der Waals surface area contributed by atoms with Crippen molar-refractivity contribution in [2.24, 2.45) is 0 Å². The van der Waals surface area contributed by atoms with Gasteiger partial charge in [0, 0.05) is 6.07 Å². The standard InChI is InChI=1S/C18H14FN5O3/c1-25-13-7-8-14(16(9-13)26-2)18-20-17(22-27-18)15-10-24(23-21-15)12-5-3-11(19)4-6-12/h3-10H,1-2H3. The molecular weight excluding hydrogens is 353 g/mol. The number of hydrogen-bond acceptors (Lipinski definition) is 7. The lowest BCUT2D eigenvalue weighted by Gasteiger charge is -2.06. The normalized spacial score (nSPS) is 10.8. The molecule has 0 saturated heterocycles. The van der Waals surface area contributed by atoms with Crippen molar-refractivity contribution in [1.29, 1.82) is 0 Å². The lowest BCUT2D eigenvalue weighted by Crippen LogP contribution is -1.94. The van der Waals surface area contributed by atoms with Crippen LogP contribution in [0.1, 0.15) is 0 Å². The Balaban J connectivity index is 1.65.